The van der Waals surface area contributed by atoms with Crippen molar-refractivity contribution < 1.29 is 4.74 Å². The Balaban J connectivity index is 2.21. The zero-order valence-corrected chi connectivity index (χ0v) is 11.8. The number of piperidine rings is 1. The van der Waals surface area contributed by atoms with Crippen LogP contribution in [0.4, 0.5) is 5.82 Å². The Labute approximate surface area is 118 Å². The number of hydrogen-bond acceptors (Lipinski definition) is 4. The van der Waals surface area contributed by atoms with Gasteiger partial charge in [0.25, 0.3) is 0 Å². The third-order valence-electron chi connectivity index (χ3n) is 3.38. The Morgan fingerprint density at radius 3 is 3.16 bits per heavy atom. The van der Waals surface area contributed by atoms with Gasteiger partial charge in [0.1, 0.15) is 11.7 Å². The van der Waals surface area contributed by atoms with Crippen LogP contribution in [0.15, 0.2) is 12.3 Å². The third-order valence-corrected chi connectivity index (χ3v) is 3.75. The van der Waals surface area contributed by atoms with Crippen LogP contribution in [-0.2, 0) is 4.74 Å². The molecule has 3 N–H and O–H groups in total. The van der Waals surface area contributed by atoms with Gasteiger partial charge < -0.3 is 15.4 Å². The predicted octanol–water partition coefficient (Wildman–Crippen LogP) is 1.88. The number of methoxy groups -OCH3 is 1. The van der Waals surface area contributed by atoms with Crippen LogP contribution in [0.25, 0.3) is 0 Å². The molecule has 0 spiro atoms. The average Bonchev–Trinajstić information content (AvgIpc) is 2.39. The van der Waals surface area contributed by atoms with E-state index < -0.39 is 0 Å². The van der Waals surface area contributed by atoms with Gasteiger partial charge in [-0.25, -0.2) is 4.98 Å². The number of nitrogens with zero attached hydrogens (tertiary/aromatic N) is 2. The van der Waals surface area contributed by atoms with Gasteiger partial charge in [-0.05, 0) is 24.8 Å². The topological polar surface area (TPSA) is 75.2 Å². The molecule has 104 valence electrons. The molecule has 19 heavy (non-hydrogen) atoms. The maximum Gasteiger partial charge on any atom is 0.148 e. The van der Waals surface area contributed by atoms with Gasteiger partial charge in [0.2, 0.25) is 0 Å². The van der Waals surface area contributed by atoms with Gasteiger partial charge in [-0.1, -0.05) is 11.6 Å². The van der Waals surface area contributed by atoms with Crippen molar-refractivity contribution in [3.63, 3.8) is 0 Å². The molecule has 1 saturated heterocycles. The number of aromatic nitrogens is 1. The summed E-state index contributed by atoms with van der Waals surface area (Å²) in [5.74, 6) is 1.19. The lowest BCUT2D eigenvalue weighted by Crippen LogP contribution is -2.38. The number of nitrogens with one attached hydrogen (secondary N) is 1. The van der Waals surface area contributed by atoms with Crippen LogP contribution in [0.3, 0.4) is 0 Å². The number of hydrogen-bond donors (Lipinski definition) is 2. The zero-order chi connectivity index (χ0) is 13.8. The first-order valence-electron chi connectivity index (χ1n) is 6.36. The highest BCUT2D eigenvalue weighted by atomic mass is 35.5. The Kier molecular flexibility index (Phi) is 4.61. The Hall–Kier alpha value is -1.33. The van der Waals surface area contributed by atoms with E-state index in [1.807, 2.05) is 0 Å². The van der Waals surface area contributed by atoms with Gasteiger partial charge in [0.15, 0.2) is 0 Å². The second kappa shape index (κ2) is 6.21. The molecule has 0 bridgehead atoms. The van der Waals surface area contributed by atoms with Crippen molar-refractivity contribution in [1.29, 1.82) is 5.41 Å². The van der Waals surface area contributed by atoms with Crippen LogP contribution >= 0.6 is 11.6 Å². The lowest BCUT2D eigenvalue weighted by atomic mass is 9.99. The van der Waals surface area contributed by atoms with E-state index in [4.69, 9.17) is 27.5 Å². The number of amidine groups is 1. The van der Waals surface area contributed by atoms with Crippen LogP contribution in [0, 0.1) is 11.3 Å². The fourth-order valence-electron chi connectivity index (χ4n) is 2.49. The fraction of sp³-hybridized carbons (Fsp3) is 0.538. The number of nitrogens with two attached hydrogens (primary N) is 1. The van der Waals surface area contributed by atoms with Crippen LogP contribution in [0.1, 0.15) is 18.4 Å². The first-order valence-corrected chi connectivity index (χ1v) is 6.74. The summed E-state index contributed by atoms with van der Waals surface area (Å²) in [6.07, 6.45) is 3.91. The summed E-state index contributed by atoms with van der Waals surface area (Å²) in [7, 11) is 1.72. The van der Waals surface area contributed by atoms with Crippen molar-refractivity contribution in [3.05, 3.63) is 22.8 Å². The number of anilines is 1. The SMILES string of the molecule is COCC1CCCN(c2nccc(C(=N)N)c2Cl)C1. The summed E-state index contributed by atoms with van der Waals surface area (Å²) in [5.41, 5.74) is 6.06. The summed E-state index contributed by atoms with van der Waals surface area (Å²) in [4.78, 5) is 6.50. The van der Waals surface area contributed by atoms with Crippen molar-refractivity contribution >= 4 is 23.3 Å². The molecule has 1 aromatic heterocycles. The van der Waals surface area contributed by atoms with Gasteiger partial charge in [0.05, 0.1) is 11.6 Å². The number of nitrogen functional groups attached to an aromatic ring is 1. The molecule has 1 aromatic rings. The Bertz CT molecular complexity index is 464. The second-order valence-corrected chi connectivity index (χ2v) is 5.20. The van der Waals surface area contributed by atoms with E-state index in [-0.39, 0.29) is 5.84 Å². The standard InChI is InChI=1S/C13H19ClN4O/c1-19-8-9-3-2-6-18(7-9)13-11(14)10(12(15)16)4-5-17-13/h4-5,9H,2-3,6-8H2,1H3,(H3,15,16). The van der Waals surface area contributed by atoms with Crippen molar-refractivity contribution in [2.45, 2.75) is 12.8 Å². The minimum absolute atomic E-state index is 0.0286. The molecule has 6 heteroatoms. The number of pyridine rings is 1. The largest absolute Gasteiger partial charge is 0.384 e. The molecule has 1 fully saturated rings. The molecule has 0 saturated carbocycles. The van der Waals surface area contributed by atoms with E-state index in [9.17, 15) is 0 Å². The molecule has 0 radical (unpaired) electrons. The van der Waals surface area contributed by atoms with E-state index in [1.165, 1.54) is 0 Å². The Morgan fingerprint density at radius 2 is 2.47 bits per heavy atom. The minimum atomic E-state index is -0.0286. The summed E-state index contributed by atoms with van der Waals surface area (Å²) in [6.45, 7) is 2.55. The van der Waals surface area contributed by atoms with Gasteiger partial charge in [-0.15, -0.1) is 0 Å². The summed E-state index contributed by atoms with van der Waals surface area (Å²) >= 11 is 6.31. The maximum atomic E-state index is 7.52. The van der Waals surface area contributed by atoms with Crippen molar-refractivity contribution in [3.8, 4) is 0 Å². The molecule has 2 rings (SSSR count). The van der Waals surface area contributed by atoms with Crippen LogP contribution < -0.4 is 10.6 Å². The summed E-state index contributed by atoms with van der Waals surface area (Å²) in [5, 5.41) is 7.99. The smallest absolute Gasteiger partial charge is 0.148 e. The van der Waals surface area contributed by atoms with Gasteiger partial charge in [-0.2, -0.15) is 0 Å². The highest BCUT2D eigenvalue weighted by molar-refractivity contribution is 6.36. The van der Waals surface area contributed by atoms with Gasteiger partial charge in [-0.3, -0.25) is 5.41 Å². The van der Waals surface area contributed by atoms with E-state index in [0.29, 0.717) is 16.5 Å². The predicted molar refractivity (Wildman–Crippen MR) is 77.1 cm³/mol. The Morgan fingerprint density at radius 1 is 1.68 bits per heavy atom. The third kappa shape index (κ3) is 3.16. The maximum absolute atomic E-state index is 7.52. The highest BCUT2D eigenvalue weighted by Crippen LogP contribution is 2.30. The second-order valence-electron chi connectivity index (χ2n) is 4.82. The van der Waals surface area contributed by atoms with Crippen molar-refractivity contribution in [2.75, 3.05) is 31.7 Å². The fourth-order valence-corrected chi connectivity index (χ4v) is 2.82. The van der Waals surface area contributed by atoms with Gasteiger partial charge in [0, 0.05) is 32.0 Å². The normalized spacial score (nSPS) is 19.5. The molecule has 2 heterocycles. The molecule has 1 atom stereocenters. The lowest BCUT2D eigenvalue weighted by Gasteiger charge is -2.33. The van der Waals surface area contributed by atoms with Crippen molar-refractivity contribution in [1.82, 2.24) is 4.98 Å². The summed E-state index contributed by atoms with van der Waals surface area (Å²) < 4.78 is 5.22. The zero-order valence-electron chi connectivity index (χ0n) is 11.0. The number of halogens is 1. The molecule has 1 unspecified atom stereocenters. The van der Waals surface area contributed by atoms with Crippen molar-refractivity contribution in [2.24, 2.45) is 11.7 Å². The van der Waals surface area contributed by atoms with Crippen LogP contribution in [0.2, 0.25) is 5.02 Å². The quantitative estimate of drug-likeness (QED) is 0.653. The highest BCUT2D eigenvalue weighted by Gasteiger charge is 2.23. The molecule has 5 nitrogen and oxygen atoms in total. The molecule has 1 aliphatic heterocycles. The first-order chi connectivity index (χ1) is 9.13. The molecule has 0 amide bonds. The van der Waals surface area contributed by atoms with Gasteiger partial charge >= 0.3 is 0 Å². The molecular formula is C13H19ClN4O. The lowest BCUT2D eigenvalue weighted by molar-refractivity contribution is 0.143. The van der Waals surface area contributed by atoms with E-state index in [2.05, 4.69) is 9.88 Å². The summed E-state index contributed by atoms with van der Waals surface area (Å²) in [6, 6.07) is 1.67. The first kappa shape index (κ1) is 14.1. The van der Waals surface area contributed by atoms with E-state index >= 15 is 0 Å². The number of ether oxygens (including phenoxy) is 1. The minimum Gasteiger partial charge on any atom is -0.384 e. The van der Waals surface area contributed by atoms with E-state index in [1.54, 1.807) is 19.4 Å². The van der Waals surface area contributed by atoms with E-state index in [0.717, 1.165) is 38.4 Å². The molecule has 0 aliphatic carbocycles. The molecule has 0 aromatic carbocycles. The van der Waals surface area contributed by atoms with Crippen LogP contribution in [0.5, 0.6) is 0 Å². The van der Waals surface area contributed by atoms with Crippen LogP contribution in [-0.4, -0.2) is 37.6 Å². The average molecular weight is 283 g/mol. The number of rotatable bonds is 4. The molecule has 1 aliphatic rings. The monoisotopic (exact) mass is 282 g/mol. The molecular weight excluding hydrogens is 264 g/mol.